The fourth-order valence-corrected chi connectivity index (χ4v) is 3.50. The van der Waals surface area contributed by atoms with Crippen molar-refractivity contribution in [1.82, 2.24) is 10.2 Å². The lowest BCUT2D eigenvalue weighted by Crippen LogP contribution is -2.57. The van der Waals surface area contributed by atoms with Gasteiger partial charge >= 0.3 is 5.97 Å². The standard InChI is InChI=1S/C25H39N3O5/c1-8-14-33-25(31)19(15-16(2)3)28(6)24(30)21(17(4)5)27-23(29)20(26)22(32-7)18-12-10-9-11-13-18/h8-13,16-17,19-22H,1,14-15,26H2,2-7H3,(H,27,29)/t19-,20-,21-,22+/m0/s1. The topological polar surface area (TPSA) is 111 Å². The number of ether oxygens (including phenoxy) is 2. The third kappa shape index (κ3) is 8.29. The van der Waals surface area contributed by atoms with Gasteiger partial charge < -0.3 is 25.4 Å². The van der Waals surface area contributed by atoms with Crippen molar-refractivity contribution in [2.24, 2.45) is 17.6 Å². The molecule has 3 N–H and O–H groups in total. The number of nitrogens with one attached hydrogen (secondary N) is 1. The predicted octanol–water partition coefficient (Wildman–Crippen LogP) is 2.44. The minimum Gasteiger partial charge on any atom is -0.460 e. The lowest BCUT2D eigenvalue weighted by atomic mass is 9.97. The molecule has 1 aromatic rings. The van der Waals surface area contributed by atoms with Gasteiger partial charge in [-0.25, -0.2) is 4.79 Å². The number of hydrogen-bond donors (Lipinski definition) is 2. The van der Waals surface area contributed by atoms with Crippen molar-refractivity contribution >= 4 is 17.8 Å². The SMILES string of the molecule is C=CCOC(=O)[C@H](CC(C)C)N(C)C(=O)[C@@H](NC(=O)[C@@H](N)[C@H](OC)c1ccccc1)C(C)C. The largest absolute Gasteiger partial charge is 0.460 e. The van der Waals surface area contributed by atoms with Crippen LogP contribution in [-0.2, 0) is 23.9 Å². The van der Waals surface area contributed by atoms with Gasteiger partial charge in [0, 0.05) is 14.2 Å². The Kier molecular flexibility index (Phi) is 11.8. The lowest BCUT2D eigenvalue weighted by molar-refractivity contribution is -0.155. The first-order chi connectivity index (χ1) is 15.5. The zero-order valence-corrected chi connectivity index (χ0v) is 20.6. The highest BCUT2D eigenvalue weighted by Crippen LogP contribution is 2.20. The van der Waals surface area contributed by atoms with Crippen molar-refractivity contribution in [2.45, 2.75) is 58.3 Å². The summed E-state index contributed by atoms with van der Waals surface area (Å²) in [6.07, 6.45) is 1.23. The van der Waals surface area contributed by atoms with Crippen LogP contribution in [0.2, 0.25) is 0 Å². The second-order valence-corrected chi connectivity index (χ2v) is 8.84. The van der Waals surface area contributed by atoms with Crippen LogP contribution in [0.4, 0.5) is 0 Å². The summed E-state index contributed by atoms with van der Waals surface area (Å²) >= 11 is 0. The second-order valence-electron chi connectivity index (χ2n) is 8.84. The number of nitrogens with zero attached hydrogens (tertiary/aromatic N) is 1. The van der Waals surface area contributed by atoms with Gasteiger partial charge in [-0.15, -0.1) is 0 Å². The molecule has 0 aliphatic heterocycles. The van der Waals surface area contributed by atoms with E-state index in [9.17, 15) is 14.4 Å². The Balaban J connectivity index is 3.04. The predicted molar refractivity (Wildman–Crippen MR) is 128 cm³/mol. The van der Waals surface area contributed by atoms with E-state index >= 15 is 0 Å². The van der Waals surface area contributed by atoms with E-state index in [0.29, 0.717) is 6.42 Å². The van der Waals surface area contributed by atoms with Crippen LogP contribution in [-0.4, -0.2) is 61.6 Å². The molecular weight excluding hydrogens is 422 g/mol. The van der Waals surface area contributed by atoms with Crippen molar-refractivity contribution in [3.05, 3.63) is 48.6 Å². The van der Waals surface area contributed by atoms with Gasteiger partial charge in [-0.2, -0.15) is 0 Å². The number of nitrogens with two attached hydrogens (primary N) is 1. The van der Waals surface area contributed by atoms with E-state index in [-0.39, 0.29) is 24.3 Å². The molecular formula is C25H39N3O5. The smallest absolute Gasteiger partial charge is 0.329 e. The van der Waals surface area contributed by atoms with Gasteiger partial charge in [0.15, 0.2) is 0 Å². The van der Waals surface area contributed by atoms with Gasteiger partial charge in [0.05, 0.1) is 0 Å². The van der Waals surface area contributed by atoms with Gasteiger partial charge in [-0.3, -0.25) is 9.59 Å². The van der Waals surface area contributed by atoms with E-state index in [2.05, 4.69) is 11.9 Å². The van der Waals surface area contributed by atoms with Gasteiger partial charge in [0.25, 0.3) is 0 Å². The molecule has 0 aliphatic rings. The molecule has 8 nitrogen and oxygen atoms in total. The summed E-state index contributed by atoms with van der Waals surface area (Å²) in [4.78, 5) is 40.3. The zero-order chi connectivity index (χ0) is 25.1. The molecule has 4 atom stereocenters. The highest BCUT2D eigenvalue weighted by Gasteiger charge is 2.36. The quantitative estimate of drug-likeness (QED) is 0.345. The molecule has 0 radical (unpaired) electrons. The van der Waals surface area contributed by atoms with Gasteiger partial charge in [-0.1, -0.05) is 70.7 Å². The van der Waals surface area contributed by atoms with E-state index < -0.39 is 36.1 Å². The van der Waals surface area contributed by atoms with Crippen molar-refractivity contribution in [3.63, 3.8) is 0 Å². The lowest BCUT2D eigenvalue weighted by Gasteiger charge is -2.33. The fraction of sp³-hybridized carbons (Fsp3) is 0.560. The van der Waals surface area contributed by atoms with Crippen molar-refractivity contribution in [1.29, 1.82) is 0 Å². The monoisotopic (exact) mass is 461 g/mol. The van der Waals surface area contributed by atoms with E-state index in [0.717, 1.165) is 5.56 Å². The van der Waals surface area contributed by atoms with Crippen molar-refractivity contribution in [3.8, 4) is 0 Å². The number of methoxy groups -OCH3 is 1. The number of rotatable bonds is 13. The number of benzene rings is 1. The minimum absolute atomic E-state index is 0.0621. The normalized spacial score (nSPS) is 14.8. The van der Waals surface area contributed by atoms with Gasteiger partial charge in [-0.05, 0) is 23.8 Å². The Morgan fingerprint density at radius 1 is 1.15 bits per heavy atom. The molecule has 0 saturated carbocycles. The first-order valence-electron chi connectivity index (χ1n) is 11.2. The van der Waals surface area contributed by atoms with Gasteiger partial charge in [0.2, 0.25) is 11.8 Å². The molecule has 1 rings (SSSR count). The minimum atomic E-state index is -1.03. The molecule has 33 heavy (non-hydrogen) atoms. The third-order valence-electron chi connectivity index (χ3n) is 5.37. The van der Waals surface area contributed by atoms with Crippen LogP contribution in [0.25, 0.3) is 0 Å². The molecule has 0 saturated heterocycles. The maximum atomic E-state index is 13.4. The highest BCUT2D eigenvalue weighted by atomic mass is 16.5. The van der Waals surface area contributed by atoms with Crippen LogP contribution in [0.15, 0.2) is 43.0 Å². The Morgan fingerprint density at radius 2 is 1.76 bits per heavy atom. The zero-order valence-electron chi connectivity index (χ0n) is 20.6. The van der Waals surface area contributed by atoms with Crippen LogP contribution in [0.3, 0.4) is 0 Å². The summed E-state index contributed by atoms with van der Waals surface area (Å²) in [5, 5.41) is 2.77. The molecule has 2 amide bonds. The molecule has 0 aliphatic carbocycles. The molecule has 0 spiro atoms. The summed E-state index contributed by atoms with van der Waals surface area (Å²) in [5.41, 5.74) is 6.97. The second kappa shape index (κ2) is 13.7. The number of likely N-dealkylation sites (N-methyl/N-ethyl adjacent to an activating group) is 1. The number of hydrogen-bond acceptors (Lipinski definition) is 6. The van der Waals surface area contributed by atoms with Crippen molar-refractivity contribution in [2.75, 3.05) is 20.8 Å². The number of carbonyl (C=O) groups excluding carboxylic acids is 3. The first-order valence-corrected chi connectivity index (χ1v) is 11.2. The first kappa shape index (κ1) is 28.3. The molecule has 0 bridgehead atoms. The molecule has 1 aromatic carbocycles. The van der Waals surface area contributed by atoms with Crippen LogP contribution in [0.5, 0.6) is 0 Å². The summed E-state index contributed by atoms with van der Waals surface area (Å²) in [6.45, 7) is 11.2. The summed E-state index contributed by atoms with van der Waals surface area (Å²) < 4.78 is 10.7. The van der Waals surface area contributed by atoms with Crippen LogP contribution >= 0.6 is 0 Å². The Hall–Kier alpha value is -2.71. The molecule has 8 heteroatoms. The highest BCUT2D eigenvalue weighted by molar-refractivity contribution is 5.92. The maximum Gasteiger partial charge on any atom is 0.329 e. The third-order valence-corrected chi connectivity index (χ3v) is 5.37. The number of carbonyl (C=O) groups is 3. The van der Waals surface area contributed by atoms with Gasteiger partial charge in [0.1, 0.15) is 30.8 Å². The molecule has 0 heterocycles. The molecule has 0 aromatic heterocycles. The Bertz CT molecular complexity index is 782. The van der Waals surface area contributed by atoms with Crippen LogP contribution < -0.4 is 11.1 Å². The fourth-order valence-electron chi connectivity index (χ4n) is 3.50. The summed E-state index contributed by atoms with van der Waals surface area (Å²) in [7, 11) is 3.03. The average molecular weight is 462 g/mol. The number of amides is 2. The van der Waals surface area contributed by atoms with Crippen molar-refractivity contribution < 1.29 is 23.9 Å². The van der Waals surface area contributed by atoms with E-state index in [1.807, 2.05) is 58.0 Å². The summed E-state index contributed by atoms with van der Waals surface area (Å²) in [5.74, 6) is -1.50. The van der Waals surface area contributed by atoms with E-state index in [1.165, 1.54) is 18.1 Å². The summed E-state index contributed by atoms with van der Waals surface area (Å²) in [6, 6.07) is 6.50. The Labute approximate surface area is 197 Å². The maximum absolute atomic E-state index is 13.4. The molecule has 0 unspecified atom stereocenters. The van der Waals surface area contributed by atoms with Crippen LogP contribution in [0.1, 0.15) is 45.8 Å². The number of esters is 1. The average Bonchev–Trinajstić information content (AvgIpc) is 2.79. The van der Waals surface area contributed by atoms with E-state index in [4.69, 9.17) is 15.2 Å². The Morgan fingerprint density at radius 3 is 2.24 bits per heavy atom. The van der Waals surface area contributed by atoms with E-state index in [1.54, 1.807) is 7.05 Å². The van der Waals surface area contributed by atoms with Crippen LogP contribution in [0, 0.1) is 11.8 Å². The molecule has 184 valence electrons. The molecule has 0 fully saturated rings.